The molecular weight excluding hydrogens is 286 g/mol. The van der Waals surface area contributed by atoms with Crippen molar-refractivity contribution in [2.24, 2.45) is 11.3 Å². The Morgan fingerprint density at radius 1 is 1.22 bits per heavy atom. The van der Waals surface area contributed by atoms with Crippen LogP contribution in [0.1, 0.15) is 44.1 Å². The predicted molar refractivity (Wildman–Crippen MR) is 79.8 cm³/mol. The zero-order valence-corrected chi connectivity index (χ0v) is 12.7. The minimum atomic E-state index is 0.582. The van der Waals surface area contributed by atoms with Gasteiger partial charge in [0.2, 0.25) is 0 Å². The largest absolute Gasteiger partial charge is 0.316 e. The number of nitrogens with one attached hydrogen (secondary N) is 1. The maximum absolute atomic E-state index is 3.60. The Morgan fingerprint density at radius 3 is 2.67 bits per heavy atom. The zero-order chi connectivity index (χ0) is 12.6. The van der Waals surface area contributed by atoms with Gasteiger partial charge < -0.3 is 5.32 Å². The quantitative estimate of drug-likeness (QED) is 0.814. The van der Waals surface area contributed by atoms with Gasteiger partial charge in [-0.15, -0.1) is 0 Å². The summed E-state index contributed by atoms with van der Waals surface area (Å²) in [4.78, 5) is 0. The maximum atomic E-state index is 3.60. The third kappa shape index (κ3) is 2.25. The van der Waals surface area contributed by atoms with Crippen molar-refractivity contribution in [1.29, 1.82) is 0 Å². The SMILES string of the molecule is CC1CCC2(CCNCC2c2ccc(Br)cc2)C1. The average Bonchev–Trinajstić information content (AvgIpc) is 2.73. The Labute approximate surface area is 118 Å². The van der Waals surface area contributed by atoms with Gasteiger partial charge in [0.05, 0.1) is 0 Å². The second-order valence-corrected chi connectivity index (χ2v) is 7.18. The lowest BCUT2D eigenvalue weighted by atomic mass is 9.66. The Bertz CT molecular complexity index is 410. The summed E-state index contributed by atoms with van der Waals surface area (Å²) in [6.45, 7) is 4.80. The van der Waals surface area contributed by atoms with E-state index in [9.17, 15) is 0 Å². The topological polar surface area (TPSA) is 12.0 Å². The molecule has 1 saturated carbocycles. The number of benzene rings is 1. The number of rotatable bonds is 1. The van der Waals surface area contributed by atoms with Gasteiger partial charge in [-0.2, -0.15) is 0 Å². The van der Waals surface area contributed by atoms with E-state index in [0.29, 0.717) is 11.3 Å². The highest BCUT2D eigenvalue weighted by Crippen LogP contribution is 2.54. The van der Waals surface area contributed by atoms with Crippen molar-refractivity contribution >= 4 is 15.9 Å². The van der Waals surface area contributed by atoms with E-state index in [0.717, 1.165) is 12.5 Å². The second kappa shape index (κ2) is 4.97. The van der Waals surface area contributed by atoms with Crippen LogP contribution in [0.25, 0.3) is 0 Å². The lowest BCUT2D eigenvalue weighted by Crippen LogP contribution is -2.42. The molecule has 3 atom stereocenters. The molecule has 1 saturated heterocycles. The molecule has 1 spiro atoms. The van der Waals surface area contributed by atoms with E-state index in [1.54, 1.807) is 0 Å². The molecule has 3 rings (SSSR count). The highest BCUT2D eigenvalue weighted by Gasteiger charge is 2.45. The lowest BCUT2D eigenvalue weighted by Gasteiger charge is -2.42. The van der Waals surface area contributed by atoms with Crippen molar-refractivity contribution in [3.05, 3.63) is 34.3 Å². The molecular formula is C16H22BrN. The fourth-order valence-corrected chi connectivity index (χ4v) is 4.38. The summed E-state index contributed by atoms with van der Waals surface area (Å²) in [6.07, 6.45) is 5.64. The normalized spacial score (nSPS) is 36.1. The average molecular weight is 308 g/mol. The van der Waals surface area contributed by atoms with Gasteiger partial charge in [-0.05, 0) is 54.8 Å². The molecule has 1 aromatic rings. The predicted octanol–water partition coefficient (Wildman–Crippen LogP) is 4.33. The summed E-state index contributed by atoms with van der Waals surface area (Å²) in [5.74, 6) is 1.63. The van der Waals surface area contributed by atoms with Gasteiger partial charge in [0, 0.05) is 16.9 Å². The standard InChI is InChI=1S/C16H22BrN/c1-12-6-7-16(10-12)8-9-18-11-15(16)13-2-4-14(17)5-3-13/h2-5,12,15,18H,6-11H2,1H3. The van der Waals surface area contributed by atoms with Gasteiger partial charge in [0.1, 0.15) is 0 Å². The molecule has 1 nitrogen and oxygen atoms in total. The summed E-state index contributed by atoms with van der Waals surface area (Å²) < 4.78 is 1.18. The summed E-state index contributed by atoms with van der Waals surface area (Å²) in [5.41, 5.74) is 2.11. The van der Waals surface area contributed by atoms with Gasteiger partial charge in [-0.3, -0.25) is 0 Å². The number of hydrogen-bond acceptors (Lipinski definition) is 1. The Balaban J connectivity index is 1.90. The van der Waals surface area contributed by atoms with Gasteiger partial charge in [0.25, 0.3) is 0 Å². The van der Waals surface area contributed by atoms with E-state index >= 15 is 0 Å². The van der Waals surface area contributed by atoms with Gasteiger partial charge in [-0.1, -0.05) is 41.4 Å². The third-order valence-electron chi connectivity index (χ3n) is 5.05. The highest BCUT2D eigenvalue weighted by molar-refractivity contribution is 9.10. The van der Waals surface area contributed by atoms with E-state index < -0.39 is 0 Å². The minimum absolute atomic E-state index is 0.582. The molecule has 2 aliphatic rings. The molecule has 98 valence electrons. The van der Waals surface area contributed by atoms with Crippen LogP contribution in [0.2, 0.25) is 0 Å². The monoisotopic (exact) mass is 307 g/mol. The van der Waals surface area contributed by atoms with Crippen LogP contribution in [-0.4, -0.2) is 13.1 Å². The van der Waals surface area contributed by atoms with Crippen LogP contribution < -0.4 is 5.32 Å². The molecule has 1 N–H and O–H groups in total. The highest BCUT2D eigenvalue weighted by atomic mass is 79.9. The van der Waals surface area contributed by atoms with Crippen molar-refractivity contribution in [1.82, 2.24) is 5.32 Å². The first-order valence-corrected chi connectivity index (χ1v) is 7.95. The van der Waals surface area contributed by atoms with Gasteiger partial charge >= 0.3 is 0 Å². The van der Waals surface area contributed by atoms with Crippen LogP contribution >= 0.6 is 15.9 Å². The summed E-state index contributed by atoms with van der Waals surface area (Å²) in [7, 11) is 0. The molecule has 1 aliphatic heterocycles. The van der Waals surface area contributed by atoms with E-state index in [1.807, 2.05) is 0 Å². The van der Waals surface area contributed by atoms with Crippen molar-refractivity contribution in [3.8, 4) is 0 Å². The molecule has 1 heterocycles. The van der Waals surface area contributed by atoms with E-state index in [-0.39, 0.29) is 0 Å². The van der Waals surface area contributed by atoms with Crippen LogP contribution in [0, 0.1) is 11.3 Å². The first kappa shape index (κ1) is 12.7. The van der Waals surface area contributed by atoms with Crippen LogP contribution in [0.5, 0.6) is 0 Å². The molecule has 0 bridgehead atoms. The molecule has 1 aliphatic carbocycles. The number of halogens is 1. The number of hydrogen-bond donors (Lipinski definition) is 1. The van der Waals surface area contributed by atoms with Crippen molar-refractivity contribution < 1.29 is 0 Å². The first-order valence-electron chi connectivity index (χ1n) is 7.16. The van der Waals surface area contributed by atoms with E-state index in [2.05, 4.69) is 52.4 Å². The smallest absolute Gasteiger partial charge is 0.0175 e. The van der Waals surface area contributed by atoms with Crippen LogP contribution in [0.15, 0.2) is 28.7 Å². The minimum Gasteiger partial charge on any atom is -0.316 e. The van der Waals surface area contributed by atoms with E-state index in [4.69, 9.17) is 0 Å². The first-order chi connectivity index (χ1) is 8.70. The molecule has 1 aromatic carbocycles. The Kier molecular flexibility index (Phi) is 3.50. The van der Waals surface area contributed by atoms with Crippen molar-refractivity contribution in [2.75, 3.05) is 13.1 Å². The van der Waals surface area contributed by atoms with Gasteiger partial charge in [0.15, 0.2) is 0 Å². The fourth-order valence-electron chi connectivity index (χ4n) is 4.12. The second-order valence-electron chi connectivity index (χ2n) is 6.27. The molecule has 0 aromatic heterocycles. The van der Waals surface area contributed by atoms with Crippen LogP contribution in [0.4, 0.5) is 0 Å². The lowest BCUT2D eigenvalue weighted by molar-refractivity contribution is 0.164. The van der Waals surface area contributed by atoms with Crippen molar-refractivity contribution in [3.63, 3.8) is 0 Å². The molecule has 18 heavy (non-hydrogen) atoms. The Hall–Kier alpha value is -0.340. The maximum Gasteiger partial charge on any atom is 0.0175 e. The van der Waals surface area contributed by atoms with Crippen LogP contribution in [0.3, 0.4) is 0 Å². The molecule has 0 amide bonds. The van der Waals surface area contributed by atoms with Crippen LogP contribution in [-0.2, 0) is 0 Å². The molecule has 3 unspecified atom stereocenters. The molecule has 2 fully saturated rings. The zero-order valence-electron chi connectivity index (χ0n) is 11.1. The van der Waals surface area contributed by atoms with E-state index in [1.165, 1.54) is 42.3 Å². The number of piperidine rings is 1. The molecule has 2 heteroatoms. The Morgan fingerprint density at radius 2 is 2.00 bits per heavy atom. The summed E-state index contributed by atoms with van der Waals surface area (Å²) in [6, 6.07) is 9.00. The molecule has 0 radical (unpaired) electrons. The van der Waals surface area contributed by atoms with Crippen molar-refractivity contribution in [2.45, 2.75) is 38.5 Å². The summed E-state index contributed by atoms with van der Waals surface area (Å²) >= 11 is 3.54. The van der Waals surface area contributed by atoms with Gasteiger partial charge in [-0.25, -0.2) is 0 Å². The third-order valence-corrected chi connectivity index (χ3v) is 5.58. The summed E-state index contributed by atoms with van der Waals surface area (Å²) in [5, 5.41) is 3.60. The fraction of sp³-hybridized carbons (Fsp3) is 0.625.